The Morgan fingerprint density at radius 3 is 2.61 bits per heavy atom. The summed E-state index contributed by atoms with van der Waals surface area (Å²) in [6.07, 6.45) is 2.90. The predicted octanol–water partition coefficient (Wildman–Crippen LogP) is 3.14. The van der Waals surface area contributed by atoms with Gasteiger partial charge in [-0.15, -0.1) is 0 Å². The zero-order valence-corrected chi connectivity index (χ0v) is 12.9. The first-order valence-corrected chi connectivity index (χ1v) is 7.02. The van der Waals surface area contributed by atoms with Gasteiger partial charge in [-0.25, -0.2) is 0 Å². The van der Waals surface area contributed by atoms with Gasteiger partial charge in [0.15, 0.2) is 0 Å². The molecule has 1 rings (SSSR count). The van der Waals surface area contributed by atoms with Crippen molar-refractivity contribution in [3.05, 3.63) is 28.2 Å². The lowest BCUT2D eigenvalue weighted by Crippen LogP contribution is -2.38. The number of hydrogen-bond donors (Lipinski definition) is 1. The average Bonchev–Trinajstić information content (AvgIpc) is 2.36. The van der Waals surface area contributed by atoms with Crippen molar-refractivity contribution in [1.29, 1.82) is 0 Å². The van der Waals surface area contributed by atoms with Crippen molar-refractivity contribution in [3.63, 3.8) is 0 Å². The molecule has 0 aliphatic heterocycles. The minimum Gasteiger partial charge on any atom is -0.496 e. The molecule has 0 saturated heterocycles. The van der Waals surface area contributed by atoms with Crippen LogP contribution < -0.4 is 10.5 Å². The maximum Gasteiger partial charge on any atom is 0.122 e. The second kappa shape index (κ2) is 7.77. The van der Waals surface area contributed by atoms with Crippen molar-refractivity contribution >= 4 is 15.9 Å². The van der Waals surface area contributed by atoms with Crippen LogP contribution in [0.15, 0.2) is 22.7 Å². The summed E-state index contributed by atoms with van der Waals surface area (Å²) in [5.41, 5.74) is 7.33. The number of hydrogen-bond acceptors (Lipinski definition) is 3. The van der Waals surface area contributed by atoms with Crippen LogP contribution in [0.2, 0.25) is 0 Å². The normalized spacial score (nSPS) is 14.3. The van der Waals surface area contributed by atoms with E-state index >= 15 is 0 Å². The number of halogens is 1. The molecule has 1 aromatic rings. The van der Waals surface area contributed by atoms with Crippen molar-refractivity contribution in [2.45, 2.75) is 38.3 Å². The number of ether oxygens (including phenoxy) is 2. The molecule has 0 spiro atoms. The van der Waals surface area contributed by atoms with Crippen molar-refractivity contribution in [2.24, 2.45) is 5.73 Å². The first-order valence-electron chi connectivity index (χ1n) is 6.23. The highest BCUT2D eigenvalue weighted by Crippen LogP contribution is 2.25. The highest BCUT2D eigenvalue weighted by molar-refractivity contribution is 9.10. The maximum atomic E-state index is 6.22. The molecule has 102 valence electrons. The highest BCUT2D eigenvalue weighted by atomic mass is 79.9. The van der Waals surface area contributed by atoms with Gasteiger partial charge < -0.3 is 15.2 Å². The summed E-state index contributed by atoms with van der Waals surface area (Å²) in [5, 5.41) is 0. The molecule has 2 unspecified atom stereocenters. The van der Waals surface area contributed by atoms with Crippen LogP contribution >= 0.6 is 15.9 Å². The van der Waals surface area contributed by atoms with E-state index in [0.29, 0.717) is 0 Å². The summed E-state index contributed by atoms with van der Waals surface area (Å²) < 4.78 is 11.8. The van der Waals surface area contributed by atoms with Crippen LogP contribution in [0.4, 0.5) is 0 Å². The van der Waals surface area contributed by atoms with Crippen molar-refractivity contribution in [1.82, 2.24) is 0 Å². The number of rotatable bonds is 7. The summed E-state index contributed by atoms with van der Waals surface area (Å²) in [6.45, 7) is 2.14. The van der Waals surface area contributed by atoms with Crippen LogP contribution in [-0.4, -0.2) is 26.4 Å². The zero-order chi connectivity index (χ0) is 13.5. The van der Waals surface area contributed by atoms with E-state index in [4.69, 9.17) is 15.2 Å². The molecule has 0 saturated carbocycles. The van der Waals surface area contributed by atoms with Gasteiger partial charge in [-0.3, -0.25) is 0 Å². The molecule has 0 amide bonds. The van der Waals surface area contributed by atoms with Gasteiger partial charge in [0.1, 0.15) is 5.75 Å². The van der Waals surface area contributed by atoms with Gasteiger partial charge in [0.05, 0.1) is 13.2 Å². The predicted molar refractivity (Wildman–Crippen MR) is 78.1 cm³/mol. The molecule has 0 aliphatic rings. The fourth-order valence-electron chi connectivity index (χ4n) is 2.08. The Bertz CT molecular complexity index is 371. The average molecular weight is 316 g/mol. The topological polar surface area (TPSA) is 44.5 Å². The highest BCUT2D eigenvalue weighted by Gasteiger charge is 2.18. The van der Waals surface area contributed by atoms with E-state index in [1.807, 2.05) is 12.1 Å². The summed E-state index contributed by atoms with van der Waals surface area (Å²) in [7, 11) is 3.40. The molecule has 0 radical (unpaired) electrons. The van der Waals surface area contributed by atoms with Gasteiger partial charge in [-0.1, -0.05) is 29.3 Å². The third-order valence-corrected chi connectivity index (χ3v) is 3.54. The van der Waals surface area contributed by atoms with Gasteiger partial charge in [-0.2, -0.15) is 0 Å². The number of nitrogens with two attached hydrogens (primary N) is 1. The van der Waals surface area contributed by atoms with E-state index in [0.717, 1.165) is 35.0 Å². The van der Waals surface area contributed by atoms with E-state index in [1.165, 1.54) is 0 Å². The molecular weight excluding hydrogens is 294 g/mol. The van der Waals surface area contributed by atoms with E-state index in [9.17, 15) is 0 Å². The van der Waals surface area contributed by atoms with Crippen LogP contribution in [0.1, 0.15) is 25.3 Å². The third kappa shape index (κ3) is 4.26. The second-order valence-corrected chi connectivity index (χ2v) is 5.30. The standard InChI is InChI=1S/C14H22BrNO2/c1-4-5-14(18-3)12(16)9-10-8-11(15)6-7-13(10)17-2/h6-8,12,14H,4-5,9,16H2,1-3H3. The van der Waals surface area contributed by atoms with E-state index in [1.54, 1.807) is 14.2 Å². The van der Waals surface area contributed by atoms with Gasteiger partial charge in [0.25, 0.3) is 0 Å². The second-order valence-electron chi connectivity index (χ2n) is 4.39. The Morgan fingerprint density at radius 1 is 1.33 bits per heavy atom. The summed E-state index contributed by atoms with van der Waals surface area (Å²) >= 11 is 3.47. The molecule has 2 atom stereocenters. The Kier molecular flexibility index (Phi) is 6.68. The fourth-order valence-corrected chi connectivity index (χ4v) is 2.49. The molecule has 3 nitrogen and oxygen atoms in total. The summed E-state index contributed by atoms with van der Waals surface area (Å²) in [6, 6.07) is 5.96. The van der Waals surface area contributed by atoms with E-state index in [-0.39, 0.29) is 12.1 Å². The van der Waals surface area contributed by atoms with Gasteiger partial charge in [-0.05, 0) is 36.6 Å². The SMILES string of the molecule is CCCC(OC)C(N)Cc1cc(Br)ccc1OC. The first kappa shape index (κ1) is 15.5. The fraction of sp³-hybridized carbons (Fsp3) is 0.571. The lowest BCUT2D eigenvalue weighted by atomic mass is 9.98. The molecule has 18 heavy (non-hydrogen) atoms. The summed E-state index contributed by atoms with van der Waals surface area (Å²) in [4.78, 5) is 0. The molecule has 0 aromatic heterocycles. The Labute approximate surface area is 118 Å². The van der Waals surface area contributed by atoms with Crippen LogP contribution in [0.5, 0.6) is 5.75 Å². The molecule has 0 heterocycles. The van der Waals surface area contributed by atoms with Crippen molar-refractivity contribution < 1.29 is 9.47 Å². The Morgan fingerprint density at radius 2 is 2.06 bits per heavy atom. The minimum atomic E-state index is -0.0156. The van der Waals surface area contributed by atoms with Crippen LogP contribution in [0.25, 0.3) is 0 Å². The smallest absolute Gasteiger partial charge is 0.122 e. The molecule has 0 fully saturated rings. The largest absolute Gasteiger partial charge is 0.496 e. The van der Waals surface area contributed by atoms with Crippen LogP contribution in [-0.2, 0) is 11.2 Å². The van der Waals surface area contributed by atoms with E-state index in [2.05, 4.69) is 28.9 Å². The van der Waals surface area contributed by atoms with Crippen molar-refractivity contribution in [3.8, 4) is 5.75 Å². The van der Waals surface area contributed by atoms with Crippen molar-refractivity contribution in [2.75, 3.05) is 14.2 Å². The molecular formula is C14H22BrNO2. The monoisotopic (exact) mass is 315 g/mol. The Balaban J connectivity index is 2.79. The third-order valence-electron chi connectivity index (χ3n) is 3.05. The number of methoxy groups -OCH3 is 2. The molecule has 0 bridgehead atoms. The van der Waals surface area contributed by atoms with Gasteiger partial charge in [0.2, 0.25) is 0 Å². The lowest BCUT2D eigenvalue weighted by molar-refractivity contribution is 0.0725. The van der Waals surface area contributed by atoms with Gasteiger partial charge in [0, 0.05) is 17.6 Å². The minimum absolute atomic E-state index is 0.0156. The zero-order valence-electron chi connectivity index (χ0n) is 11.3. The van der Waals surface area contributed by atoms with Crippen LogP contribution in [0, 0.1) is 0 Å². The molecule has 0 aliphatic carbocycles. The lowest BCUT2D eigenvalue weighted by Gasteiger charge is -2.23. The van der Waals surface area contributed by atoms with Crippen LogP contribution in [0.3, 0.4) is 0 Å². The van der Waals surface area contributed by atoms with E-state index < -0.39 is 0 Å². The Hall–Kier alpha value is -0.580. The first-order chi connectivity index (χ1) is 8.62. The maximum absolute atomic E-state index is 6.22. The van der Waals surface area contributed by atoms with Gasteiger partial charge >= 0.3 is 0 Å². The molecule has 4 heteroatoms. The summed E-state index contributed by atoms with van der Waals surface area (Å²) in [5.74, 6) is 0.875. The quantitative estimate of drug-likeness (QED) is 0.840. The number of benzene rings is 1. The molecule has 2 N–H and O–H groups in total. The molecule has 1 aromatic carbocycles.